The number of furan rings is 1. The third-order valence-electron chi connectivity index (χ3n) is 6.02. The lowest BCUT2D eigenvalue weighted by molar-refractivity contribution is -0.130. The van der Waals surface area contributed by atoms with E-state index >= 15 is 0 Å². The summed E-state index contributed by atoms with van der Waals surface area (Å²) in [5.74, 6) is -0.491. The number of guanidine groups is 1. The number of thiophene rings is 1. The van der Waals surface area contributed by atoms with Crippen molar-refractivity contribution in [3.05, 3.63) is 75.6 Å². The lowest BCUT2D eigenvalue weighted by Gasteiger charge is -2.40. The Hall–Kier alpha value is -3.29. The number of likely N-dealkylation sites (N-methyl/N-ethyl adjacent to an activating group) is 1. The number of phenols is 1. The van der Waals surface area contributed by atoms with Crippen LogP contribution in [0.1, 0.15) is 23.3 Å². The molecule has 4 aromatic rings. The maximum atomic E-state index is 13.5. The first-order valence-corrected chi connectivity index (χ1v) is 11.2. The van der Waals surface area contributed by atoms with Crippen molar-refractivity contribution in [3.63, 3.8) is 0 Å². The molecule has 1 amide bonds. The van der Waals surface area contributed by atoms with Crippen molar-refractivity contribution < 1.29 is 14.3 Å². The number of phenolic OH excluding ortho intramolecular Hbond substituents is 1. The van der Waals surface area contributed by atoms with Crippen LogP contribution >= 0.6 is 22.9 Å². The molecule has 0 spiro atoms. The van der Waals surface area contributed by atoms with Crippen molar-refractivity contribution in [1.29, 1.82) is 0 Å². The molecular formula is C24H20ClN3O3S. The normalized spacial score (nSPS) is 21.2. The van der Waals surface area contributed by atoms with Gasteiger partial charge < -0.3 is 15.3 Å². The number of rotatable bonds is 3. The van der Waals surface area contributed by atoms with Gasteiger partial charge in [-0.1, -0.05) is 23.7 Å². The third kappa shape index (κ3) is 3.16. The number of nitrogens with zero attached hydrogens (tertiary/aromatic N) is 2. The van der Waals surface area contributed by atoms with E-state index in [1.54, 1.807) is 25.4 Å². The first kappa shape index (κ1) is 20.6. The zero-order chi connectivity index (χ0) is 22.6. The highest BCUT2D eigenvalue weighted by atomic mass is 35.5. The van der Waals surface area contributed by atoms with E-state index in [1.807, 2.05) is 48.7 Å². The summed E-state index contributed by atoms with van der Waals surface area (Å²) in [4.78, 5) is 20.5. The average molecular weight is 466 g/mol. The summed E-state index contributed by atoms with van der Waals surface area (Å²) in [6.07, 6.45) is 1.63. The Labute approximate surface area is 193 Å². The van der Waals surface area contributed by atoms with Crippen LogP contribution in [0.2, 0.25) is 5.02 Å². The van der Waals surface area contributed by atoms with Crippen LogP contribution in [0.5, 0.6) is 5.75 Å². The highest BCUT2D eigenvalue weighted by molar-refractivity contribution is 7.10. The Morgan fingerprint density at radius 1 is 1.19 bits per heavy atom. The molecule has 2 aromatic heterocycles. The summed E-state index contributed by atoms with van der Waals surface area (Å²) in [6.45, 7) is 1.93. The maximum absolute atomic E-state index is 13.5. The molecular weight excluding hydrogens is 446 g/mol. The fraction of sp³-hybridized carbons (Fsp3) is 0.167. The molecule has 3 heterocycles. The molecule has 1 aliphatic heterocycles. The van der Waals surface area contributed by atoms with Crippen LogP contribution < -0.4 is 5.73 Å². The molecule has 162 valence electrons. The quantitative estimate of drug-likeness (QED) is 0.429. The number of hydrogen-bond acceptors (Lipinski definition) is 6. The summed E-state index contributed by atoms with van der Waals surface area (Å²) in [6, 6.07) is 14.7. The molecule has 6 nitrogen and oxygen atoms in total. The van der Waals surface area contributed by atoms with Crippen LogP contribution in [0, 0.1) is 0 Å². The third-order valence-corrected chi connectivity index (χ3v) is 7.49. The molecule has 0 saturated heterocycles. The molecule has 2 aromatic carbocycles. The van der Waals surface area contributed by atoms with E-state index in [2.05, 4.69) is 0 Å². The van der Waals surface area contributed by atoms with Crippen molar-refractivity contribution >= 4 is 45.8 Å². The average Bonchev–Trinajstić information content (AvgIpc) is 3.44. The van der Waals surface area contributed by atoms with Gasteiger partial charge in [0, 0.05) is 17.3 Å². The minimum Gasteiger partial charge on any atom is -0.506 e. The van der Waals surface area contributed by atoms with E-state index in [1.165, 1.54) is 16.2 Å². The lowest BCUT2D eigenvalue weighted by atomic mass is 9.77. The van der Waals surface area contributed by atoms with Gasteiger partial charge in [0.2, 0.25) is 5.91 Å². The van der Waals surface area contributed by atoms with Gasteiger partial charge in [0.15, 0.2) is 5.96 Å². The molecule has 0 unspecified atom stereocenters. The van der Waals surface area contributed by atoms with Crippen molar-refractivity contribution in [1.82, 2.24) is 4.90 Å². The van der Waals surface area contributed by atoms with Crippen LogP contribution in [-0.4, -0.2) is 28.9 Å². The second kappa shape index (κ2) is 7.39. The van der Waals surface area contributed by atoms with Crippen LogP contribution in [0.15, 0.2) is 69.6 Å². The standard InChI is InChI=1S/C24H20ClN3O3S/c1-24(20-11-16(12-32-20)13-3-5-17(25)18(29)10-13)21(22(30)28(2)23(26)27-24)15-4-6-19-14(9-15)7-8-31-19/h3-12,21,29H,1-2H3,(H2,26,27)/t21-,24+/m0/s1. The smallest absolute Gasteiger partial charge is 0.239 e. The predicted molar refractivity (Wildman–Crippen MR) is 127 cm³/mol. The highest BCUT2D eigenvalue weighted by Gasteiger charge is 2.48. The van der Waals surface area contributed by atoms with Gasteiger partial charge in [0.1, 0.15) is 16.9 Å². The Bertz CT molecular complexity index is 1390. The molecule has 8 heteroatoms. The van der Waals surface area contributed by atoms with Gasteiger partial charge in [-0.05, 0) is 65.4 Å². The SMILES string of the molecule is CN1C(=O)[C@H](c2ccc3occc3c2)[C@@](C)(c2cc(-c3ccc(Cl)c(O)c3)cs2)N=C1N. The first-order chi connectivity index (χ1) is 15.3. The van der Waals surface area contributed by atoms with E-state index in [4.69, 9.17) is 26.7 Å². The van der Waals surface area contributed by atoms with Crippen LogP contribution in [0.4, 0.5) is 0 Å². The molecule has 0 aliphatic carbocycles. The number of aliphatic imine (C=N–C) groups is 1. The Morgan fingerprint density at radius 3 is 2.78 bits per heavy atom. The second-order valence-corrected chi connectivity index (χ2v) is 9.35. The van der Waals surface area contributed by atoms with Crippen molar-refractivity contribution in [3.8, 4) is 16.9 Å². The number of aromatic hydroxyl groups is 1. The fourth-order valence-corrected chi connectivity index (χ4v) is 5.37. The molecule has 0 fully saturated rings. The lowest BCUT2D eigenvalue weighted by Crippen LogP contribution is -2.52. The van der Waals surface area contributed by atoms with E-state index < -0.39 is 11.5 Å². The van der Waals surface area contributed by atoms with Gasteiger partial charge in [0.05, 0.1) is 17.2 Å². The molecule has 32 heavy (non-hydrogen) atoms. The summed E-state index contributed by atoms with van der Waals surface area (Å²) < 4.78 is 5.46. The zero-order valence-electron chi connectivity index (χ0n) is 17.4. The molecule has 1 aliphatic rings. The number of carbonyl (C=O) groups excluding carboxylic acids is 1. The minimum atomic E-state index is -0.900. The summed E-state index contributed by atoms with van der Waals surface area (Å²) in [5.41, 5.74) is 8.58. The summed E-state index contributed by atoms with van der Waals surface area (Å²) in [5, 5.41) is 13.2. The number of nitrogens with two attached hydrogens (primary N) is 1. The monoisotopic (exact) mass is 465 g/mol. The number of benzene rings is 2. The Kier molecular flexibility index (Phi) is 4.76. The van der Waals surface area contributed by atoms with E-state index in [9.17, 15) is 9.90 Å². The maximum Gasteiger partial charge on any atom is 0.239 e. The predicted octanol–water partition coefficient (Wildman–Crippen LogP) is 5.31. The van der Waals surface area contributed by atoms with Gasteiger partial charge in [-0.3, -0.25) is 9.69 Å². The molecule has 2 atom stereocenters. The van der Waals surface area contributed by atoms with Crippen molar-refractivity contribution in [2.24, 2.45) is 10.7 Å². The van der Waals surface area contributed by atoms with Gasteiger partial charge in [0.25, 0.3) is 0 Å². The molecule has 0 bridgehead atoms. The molecule has 5 rings (SSSR count). The van der Waals surface area contributed by atoms with E-state index in [0.717, 1.165) is 32.5 Å². The van der Waals surface area contributed by atoms with E-state index in [-0.39, 0.29) is 17.6 Å². The van der Waals surface area contributed by atoms with Crippen LogP contribution in [0.3, 0.4) is 0 Å². The summed E-state index contributed by atoms with van der Waals surface area (Å²) >= 11 is 7.46. The van der Waals surface area contributed by atoms with Gasteiger partial charge in [-0.15, -0.1) is 11.3 Å². The number of hydrogen-bond donors (Lipinski definition) is 2. The largest absolute Gasteiger partial charge is 0.506 e. The molecule has 3 N–H and O–H groups in total. The minimum absolute atomic E-state index is 0.0196. The van der Waals surface area contributed by atoms with Crippen molar-refractivity contribution in [2.75, 3.05) is 7.05 Å². The molecule has 0 saturated carbocycles. The zero-order valence-corrected chi connectivity index (χ0v) is 18.9. The number of carbonyl (C=O) groups is 1. The second-order valence-electron chi connectivity index (χ2n) is 8.03. The van der Waals surface area contributed by atoms with Gasteiger partial charge in [-0.2, -0.15) is 0 Å². The van der Waals surface area contributed by atoms with Gasteiger partial charge in [-0.25, -0.2) is 4.99 Å². The number of halogens is 1. The Balaban J connectivity index is 1.64. The highest BCUT2D eigenvalue weighted by Crippen LogP contribution is 2.47. The number of amides is 1. The first-order valence-electron chi connectivity index (χ1n) is 9.96. The Morgan fingerprint density at radius 2 is 2.00 bits per heavy atom. The number of fused-ring (bicyclic) bond motifs is 1. The topological polar surface area (TPSA) is 92.1 Å². The van der Waals surface area contributed by atoms with Crippen LogP contribution in [-0.2, 0) is 10.3 Å². The van der Waals surface area contributed by atoms with E-state index in [0.29, 0.717) is 5.02 Å². The fourth-order valence-electron chi connectivity index (χ4n) is 4.20. The van der Waals surface area contributed by atoms with Crippen LogP contribution in [0.25, 0.3) is 22.1 Å². The van der Waals surface area contributed by atoms with Gasteiger partial charge >= 0.3 is 0 Å². The molecule has 0 radical (unpaired) electrons. The van der Waals surface area contributed by atoms with Crippen molar-refractivity contribution in [2.45, 2.75) is 18.4 Å². The summed E-state index contributed by atoms with van der Waals surface area (Å²) in [7, 11) is 1.64.